The van der Waals surface area contributed by atoms with Crippen molar-refractivity contribution in [2.75, 3.05) is 12.5 Å². The summed E-state index contributed by atoms with van der Waals surface area (Å²) in [5.74, 6) is 1.71. The van der Waals surface area contributed by atoms with Gasteiger partial charge >= 0.3 is 0 Å². The lowest BCUT2D eigenvalue weighted by Crippen LogP contribution is -2.13. The van der Waals surface area contributed by atoms with Gasteiger partial charge in [0.05, 0.1) is 19.0 Å². The lowest BCUT2D eigenvalue weighted by molar-refractivity contribution is 0.289. The van der Waals surface area contributed by atoms with Crippen LogP contribution >= 0.6 is 0 Å². The maximum Gasteiger partial charge on any atom is 0.125 e. The van der Waals surface area contributed by atoms with Crippen molar-refractivity contribution < 1.29 is 9.47 Å². The first-order valence-electron chi connectivity index (χ1n) is 10.1. The molecule has 3 aromatic carbocycles. The van der Waals surface area contributed by atoms with Gasteiger partial charge in [0.25, 0.3) is 0 Å². The number of nitrogens with one attached hydrogen (secondary N) is 1. The van der Waals surface area contributed by atoms with E-state index in [2.05, 4.69) is 56.4 Å². The predicted octanol–water partition coefficient (Wildman–Crippen LogP) is 6.33. The van der Waals surface area contributed by atoms with E-state index in [4.69, 9.17) is 9.47 Å². The van der Waals surface area contributed by atoms with Crippen molar-refractivity contribution >= 4 is 11.9 Å². The number of para-hydroxylation sites is 1. The van der Waals surface area contributed by atoms with E-state index in [1.54, 1.807) is 13.3 Å². The maximum absolute atomic E-state index is 6.26. The summed E-state index contributed by atoms with van der Waals surface area (Å²) in [4.78, 5) is 0. The second-order valence-corrected chi connectivity index (χ2v) is 8.35. The minimum Gasteiger partial charge on any atom is -0.496 e. The minimum atomic E-state index is 0.00470. The molecule has 0 aliphatic carbocycles. The maximum atomic E-state index is 6.26. The minimum absolute atomic E-state index is 0.00470. The van der Waals surface area contributed by atoms with Gasteiger partial charge in [-0.05, 0) is 65.4 Å². The van der Waals surface area contributed by atoms with E-state index in [-0.39, 0.29) is 5.41 Å². The highest BCUT2D eigenvalue weighted by molar-refractivity contribution is 5.81. The summed E-state index contributed by atoms with van der Waals surface area (Å²) in [7, 11) is 1.68. The molecule has 0 fully saturated rings. The Morgan fingerprint density at radius 3 is 2.40 bits per heavy atom. The van der Waals surface area contributed by atoms with Crippen LogP contribution < -0.4 is 14.9 Å². The zero-order chi connectivity index (χ0) is 21.6. The van der Waals surface area contributed by atoms with E-state index < -0.39 is 0 Å². The summed E-state index contributed by atoms with van der Waals surface area (Å²) in [6.07, 6.45) is 1.79. The number of hydrazone groups is 1. The molecule has 0 atom stereocenters. The molecule has 0 radical (unpaired) electrons. The molecule has 0 aliphatic rings. The zero-order valence-corrected chi connectivity index (χ0v) is 18.4. The molecule has 0 amide bonds. The summed E-state index contributed by atoms with van der Waals surface area (Å²) in [6.45, 7) is 9.09. The van der Waals surface area contributed by atoms with Crippen LogP contribution in [0.4, 0.5) is 5.69 Å². The lowest BCUT2D eigenvalue weighted by Gasteiger charge is -2.23. The van der Waals surface area contributed by atoms with Crippen LogP contribution in [0.1, 0.15) is 43.0 Å². The molecule has 4 heteroatoms. The van der Waals surface area contributed by atoms with Crippen LogP contribution in [0.25, 0.3) is 0 Å². The fourth-order valence-electron chi connectivity index (χ4n) is 3.21. The average molecular weight is 403 g/mol. The molecule has 0 saturated heterocycles. The number of benzene rings is 3. The second-order valence-electron chi connectivity index (χ2n) is 8.35. The molecule has 30 heavy (non-hydrogen) atoms. The molecule has 156 valence electrons. The van der Waals surface area contributed by atoms with Crippen molar-refractivity contribution in [2.24, 2.45) is 5.10 Å². The Kier molecular flexibility index (Phi) is 6.78. The fourth-order valence-corrected chi connectivity index (χ4v) is 3.21. The Morgan fingerprint density at radius 2 is 1.70 bits per heavy atom. The Balaban J connectivity index is 1.77. The third kappa shape index (κ3) is 5.63. The average Bonchev–Trinajstić information content (AvgIpc) is 2.72. The molecule has 1 N–H and O–H groups in total. The molecule has 0 spiro atoms. The molecule has 3 aromatic rings. The van der Waals surface area contributed by atoms with Crippen LogP contribution in [0.2, 0.25) is 0 Å². The number of methoxy groups -OCH3 is 1. The number of nitrogens with zero attached hydrogens (tertiary/aromatic N) is 1. The van der Waals surface area contributed by atoms with Gasteiger partial charge in [-0.3, -0.25) is 5.43 Å². The summed E-state index contributed by atoms with van der Waals surface area (Å²) in [5.41, 5.74) is 8.30. The van der Waals surface area contributed by atoms with Crippen molar-refractivity contribution in [1.29, 1.82) is 0 Å². The van der Waals surface area contributed by atoms with Gasteiger partial charge in [-0.1, -0.05) is 51.1 Å². The first kappa shape index (κ1) is 21.4. The molecule has 0 aromatic heterocycles. The molecular weight excluding hydrogens is 372 g/mol. The van der Waals surface area contributed by atoms with Crippen LogP contribution in [-0.2, 0) is 12.0 Å². The smallest absolute Gasteiger partial charge is 0.125 e. The van der Waals surface area contributed by atoms with Crippen LogP contribution in [0.15, 0.2) is 71.8 Å². The van der Waals surface area contributed by atoms with E-state index in [1.165, 1.54) is 11.1 Å². The van der Waals surface area contributed by atoms with Crippen LogP contribution in [0.3, 0.4) is 0 Å². The number of hydrogen-bond acceptors (Lipinski definition) is 4. The summed E-state index contributed by atoms with van der Waals surface area (Å²) in [5, 5.41) is 4.33. The van der Waals surface area contributed by atoms with E-state index in [0.29, 0.717) is 6.61 Å². The molecule has 0 bridgehead atoms. The van der Waals surface area contributed by atoms with Gasteiger partial charge in [-0.25, -0.2) is 0 Å². The SMILES string of the molecule is COc1ccc(C=NNc2ccccc2)cc1COc1cc(C)ccc1C(C)(C)C. The standard InChI is InChI=1S/C26H30N2O2/c1-19-11-13-23(26(2,3)4)25(15-19)30-18-21-16-20(12-14-24(21)29-5)17-27-28-22-9-7-6-8-10-22/h6-17,28H,18H2,1-5H3. The number of ether oxygens (including phenoxy) is 2. The summed E-state index contributed by atoms with van der Waals surface area (Å²) >= 11 is 0. The Hall–Kier alpha value is -3.27. The van der Waals surface area contributed by atoms with Crippen molar-refractivity contribution in [2.45, 2.75) is 39.7 Å². The van der Waals surface area contributed by atoms with Gasteiger partial charge in [0.15, 0.2) is 0 Å². The monoisotopic (exact) mass is 402 g/mol. The van der Waals surface area contributed by atoms with Gasteiger partial charge < -0.3 is 9.47 Å². The Bertz CT molecular complexity index is 1010. The fraction of sp³-hybridized carbons (Fsp3) is 0.269. The lowest BCUT2D eigenvalue weighted by atomic mass is 9.86. The molecule has 4 nitrogen and oxygen atoms in total. The van der Waals surface area contributed by atoms with E-state index >= 15 is 0 Å². The van der Waals surface area contributed by atoms with Gasteiger partial charge in [0, 0.05) is 5.56 Å². The number of rotatable bonds is 7. The molecule has 0 heterocycles. The van der Waals surface area contributed by atoms with E-state index in [9.17, 15) is 0 Å². The van der Waals surface area contributed by atoms with Crippen molar-refractivity contribution in [1.82, 2.24) is 0 Å². The van der Waals surface area contributed by atoms with E-state index in [0.717, 1.165) is 28.3 Å². The predicted molar refractivity (Wildman–Crippen MR) is 125 cm³/mol. The Labute approximate surface area is 179 Å². The largest absolute Gasteiger partial charge is 0.496 e. The topological polar surface area (TPSA) is 42.8 Å². The molecule has 0 saturated carbocycles. The molecular formula is C26H30N2O2. The highest BCUT2D eigenvalue weighted by Gasteiger charge is 2.19. The highest BCUT2D eigenvalue weighted by Crippen LogP contribution is 2.33. The first-order chi connectivity index (χ1) is 14.4. The van der Waals surface area contributed by atoms with Crippen molar-refractivity contribution in [3.8, 4) is 11.5 Å². The van der Waals surface area contributed by atoms with Crippen LogP contribution in [-0.4, -0.2) is 13.3 Å². The number of aryl methyl sites for hydroxylation is 1. The normalized spacial score (nSPS) is 11.5. The molecule has 3 rings (SSSR count). The molecule has 0 unspecified atom stereocenters. The highest BCUT2D eigenvalue weighted by atomic mass is 16.5. The van der Waals surface area contributed by atoms with Crippen LogP contribution in [0.5, 0.6) is 11.5 Å². The first-order valence-corrected chi connectivity index (χ1v) is 10.1. The third-order valence-corrected chi connectivity index (χ3v) is 4.81. The zero-order valence-electron chi connectivity index (χ0n) is 18.4. The van der Waals surface area contributed by atoms with Crippen molar-refractivity contribution in [3.05, 3.63) is 89.0 Å². The molecule has 0 aliphatic heterocycles. The second kappa shape index (κ2) is 9.49. The number of hydrogen-bond donors (Lipinski definition) is 1. The van der Waals surface area contributed by atoms with E-state index in [1.807, 2.05) is 48.5 Å². The number of anilines is 1. The Morgan fingerprint density at radius 1 is 0.933 bits per heavy atom. The quantitative estimate of drug-likeness (QED) is 0.371. The third-order valence-electron chi connectivity index (χ3n) is 4.81. The van der Waals surface area contributed by atoms with Gasteiger partial charge in [0.1, 0.15) is 18.1 Å². The van der Waals surface area contributed by atoms with Crippen LogP contribution in [0, 0.1) is 6.92 Å². The van der Waals surface area contributed by atoms with Gasteiger partial charge in [-0.2, -0.15) is 5.10 Å². The summed E-state index contributed by atoms with van der Waals surface area (Å²) < 4.78 is 11.8. The summed E-state index contributed by atoms with van der Waals surface area (Å²) in [6, 6.07) is 22.2. The van der Waals surface area contributed by atoms with Gasteiger partial charge in [0.2, 0.25) is 0 Å². The van der Waals surface area contributed by atoms with Crippen molar-refractivity contribution in [3.63, 3.8) is 0 Å². The van der Waals surface area contributed by atoms with Gasteiger partial charge in [-0.15, -0.1) is 0 Å².